The van der Waals surface area contributed by atoms with Gasteiger partial charge in [-0.2, -0.15) is 0 Å². The van der Waals surface area contributed by atoms with Gasteiger partial charge < -0.3 is 9.32 Å². The summed E-state index contributed by atoms with van der Waals surface area (Å²) in [5, 5.41) is 0. The summed E-state index contributed by atoms with van der Waals surface area (Å²) in [6, 6.07) is 1.82. The van der Waals surface area contributed by atoms with E-state index in [9.17, 15) is 4.79 Å². The Morgan fingerprint density at radius 1 is 1.53 bits per heavy atom. The van der Waals surface area contributed by atoms with Gasteiger partial charge in [-0.25, -0.2) is 0 Å². The number of carbonyl (C=O) groups is 1. The van der Waals surface area contributed by atoms with E-state index in [1.807, 2.05) is 27.0 Å². The summed E-state index contributed by atoms with van der Waals surface area (Å²) in [6.07, 6.45) is 2.34. The summed E-state index contributed by atoms with van der Waals surface area (Å²) >= 11 is 3.57. The zero-order valence-corrected chi connectivity index (χ0v) is 12.1. The highest BCUT2D eigenvalue weighted by Gasteiger charge is 2.29. The van der Waals surface area contributed by atoms with Crippen LogP contribution in [0.2, 0.25) is 0 Å². The lowest BCUT2D eigenvalue weighted by atomic mass is 9.85. The number of carbonyl (C=O) groups excluding carboxylic acids is 1. The van der Waals surface area contributed by atoms with Crippen LogP contribution in [0.15, 0.2) is 10.5 Å². The molecule has 1 aromatic heterocycles. The minimum Gasteiger partial charge on any atom is -0.466 e. The van der Waals surface area contributed by atoms with E-state index >= 15 is 0 Å². The van der Waals surface area contributed by atoms with Crippen LogP contribution < -0.4 is 0 Å². The third kappa shape index (κ3) is 2.73. The second-order valence-electron chi connectivity index (χ2n) is 4.95. The van der Waals surface area contributed by atoms with Gasteiger partial charge in [0.2, 0.25) is 0 Å². The molecule has 2 rings (SSSR count). The number of halogens is 1. The number of furan rings is 1. The second kappa shape index (κ2) is 4.84. The number of hydrogen-bond donors (Lipinski definition) is 0. The molecule has 1 fully saturated rings. The van der Waals surface area contributed by atoms with Crippen molar-refractivity contribution in [2.45, 2.75) is 31.5 Å². The molecular weight excluding hydrogens is 282 g/mol. The van der Waals surface area contributed by atoms with Crippen LogP contribution in [-0.2, 0) is 0 Å². The molecule has 0 saturated heterocycles. The average Bonchev–Trinajstić information content (AvgIpc) is 2.54. The highest BCUT2D eigenvalue weighted by atomic mass is 79.9. The fourth-order valence-electron chi connectivity index (χ4n) is 2.32. The molecule has 0 N–H and O–H groups in total. The Labute approximate surface area is 110 Å². The predicted molar refractivity (Wildman–Crippen MR) is 70.6 cm³/mol. The number of amides is 1. The molecule has 1 amide bonds. The van der Waals surface area contributed by atoms with Crippen molar-refractivity contribution in [3.8, 4) is 0 Å². The van der Waals surface area contributed by atoms with Crippen molar-refractivity contribution in [3.05, 3.63) is 23.2 Å². The first kappa shape index (κ1) is 12.7. The monoisotopic (exact) mass is 299 g/mol. The number of nitrogens with zero attached hydrogens (tertiary/aromatic N) is 1. The largest absolute Gasteiger partial charge is 0.466 e. The van der Waals surface area contributed by atoms with Gasteiger partial charge >= 0.3 is 0 Å². The van der Waals surface area contributed by atoms with Gasteiger partial charge in [0.25, 0.3) is 5.91 Å². The van der Waals surface area contributed by atoms with Gasteiger partial charge in [0, 0.05) is 18.4 Å². The molecule has 3 nitrogen and oxygen atoms in total. The van der Waals surface area contributed by atoms with Crippen LogP contribution in [0, 0.1) is 19.8 Å². The van der Waals surface area contributed by atoms with E-state index in [0.717, 1.165) is 12.3 Å². The van der Waals surface area contributed by atoms with Crippen LogP contribution in [0.4, 0.5) is 0 Å². The van der Waals surface area contributed by atoms with E-state index in [0.29, 0.717) is 22.1 Å². The summed E-state index contributed by atoms with van der Waals surface area (Å²) in [4.78, 5) is 14.6. The Morgan fingerprint density at radius 2 is 2.18 bits per heavy atom. The smallest absolute Gasteiger partial charge is 0.257 e. The fourth-order valence-corrected chi connectivity index (χ4v) is 3.38. The molecule has 0 unspecified atom stereocenters. The Kier molecular flexibility index (Phi) is 3.61. The molecule has 0 bridgehead atoms. The molecule has 0 aromatic carbocycles. The predicted octanol–water partition coefficient (Wildman–Crippen LogP) is 3.14. The van der Waals surface area contributed by atoms with Crippen molar-refractivity contribution >= 4 is 21.8 Å². The van der Waals surface area contributed by atoms with Gasteiger partial charge in [-0.05, 0) is 38.7 Å². The van der Waals surface area contributed by atoms with E-state index in [4.69, 9.17) is 4.42 Å². The molecule has 0 atom stereocenters. The van der Waals surface area contributed by atoms with E-state index < -0.39 is 0 Å². The van der Waals surface area contributed by atoms with Crippen molar-refractivity contribution in [1.82, 2.24) is 4.90 Å². The standard InChI is InChI=1S/C13H18BrNO2/c1-8-4-12(9(2)17-8)13(16)15(3)7-10-5-11(14)6-10/h4,10-11H,5-7H2,1-3H3. The third-order valence-corrected chi connectivity index (χ3v) is 4.08. The van der Waals surface area contributed by atoms with Crippen LogP contribution in [0.5, 0.6) is 0 Å². The quantitative estimate of drug-likeness (QED) is 0.804. The Bertz CT molecular complexity index is 421. The summed E-state index contributed by atoms with van der Waals surface area (Å²) in [5.41, 5.74) is 0.694. The third-order valence-electron chi connectivity index (χ3n) is 3.33. The summed E-state index contributed by atoms with van der Waals surface area (Å²) < 4.78 is 5.39. The molecule has 17 heavy (non-hydrogen) atoms. The van der Waals surface area contributed by atoms with Crippen LogP contribution in [0.3, 0.4) is 0 Å². The molecule has 4 heteroatoms. The number of hydrogen-bond acceptors (Lipinski definition) is 2. The van der Waals surface area contributed by atoms with Gasteiger partial charge in [-0.15, -0.1) is 0 Å². The molecule has 1 saturated carbocycles. The minimum atomic E-state index is 0.0670. The SMILES string of the molecule is Cc1cc(C(=O)N(C)CC2CC(Br)C2)c(C)o1. The topological polar surface area (TPSA) is 33.5 Å². The van der Waals surface area contributed by atoms with Crippen molar-refractivity contribution in [1.29, 1.82) is 0 Å². The van der Waals surface area contributed by atoms with Gasteiger partial charge in [-0.1, -0.05) is 15.9 Å². The van der Waals surface area contributed by atoms with Crippen molar-refractivity contribution in [3.63, 3.8) is 0 Å². The molecule has 94 valence electrons. The number of aryl methyl sites for hydroxylation is 2. The van der Waals surface area contributed by atoms with E-state index in [1.165, 1.54) is 12.8 Å². The van der Waals surface area contributed by atoms with Gasteiger partial charge in [-0.3, -0.25) is 4.79 Å². The maximum Gasteiger partial charge on any atom is 0.257 e. The van der Waals surface area contributed by atoms with Gasteiger partial charge in [0.05, 0.1) is 5.56 Å². The molecule has 1 aromatic rings. The van der Waals surface area contributed by atoms with Gasteiger partial charge in [0.1, 0.15) is 11.5 Å². The Morgan fingerprint density at radius 3 is 2.65 bits per heavy atom. The van der Waals surface area contributed by atoms with Gasteiger partial charge in [0.15, 0.2) is 0 Å². The van der Waals surface area contributed by atoms with E-state index in [1.54, 1.807) is 4.90 Å². The van der Waals surface area contributed by atoms with Crippen LogP contribution in [-0.4, -0.2) is 29.2 Å². The average molecular weight is 300 g/mol. The number of alkyl halides is 1. The van der Waals surface area contributed by atoms with E-state index in [2.05, 4.69) is 15.9 Å². The second-order valence-corrected chi connectivity index (χ2v) is 6.24. The van der Waals surface area contributed by atoms with Crippen LogP contribution >= 0.6 is 15.9 Å². The molecular formula is C13H18BrNO2. The maximum absolute atomic E-state index is 12.2. The lowest BCUT2D eigenvalue weighted by molar-refractivity contribution is 0.0747. The zero-order chi connectivity index (χ0) is 12.6. The lowest BCUT2D eigenvalue weighted by Gasteiger charge is -2.34. The molecule has 1 heterocycles. The molecule has 0 radical (unpaired) electrons. The summed E-state index contributed by atoms with van der Waals surface area (Å²) in [6.45, 7) is 4.54. The first-order chi connectivity index (χ1) is 7.97. The fraction of sp³-hybridized carbons (Fsp3) is 0.615. The highest BCUT2D eigenvalue weighted by molar-refractivity contribution is 9.09. The molecule has 1 aliphatic rings. The molecule has 0 aliphatic heterocycles. The Hall–Kier alpha value is -0.770. The Balaban J connectivity index is 1.97. The molecule has 1 aliphatic carbocycles. The lowest BCUT2D eigenvalue weighted by Crippen LogP contribution is -2.37. The maximum atomic E-state index is 12.2. The van der Waals surface area contributed by atoms with Crippen LogP contribution in [0.1, 0.15) is 34.7 Å². The van der Waals surface area contributed by atoms with Crippen molar-refractivity contribution in [2.24, 2.45) is 5.92 Å². The molecule has 0 spiro atoms. The highest BCUT2D eigenvalue weighted by Crippen LogP contribution is 2.33. The number of rotatable bonds is 3. The van der Waals surface area contributed by atoms with Crippen molar-refractivity contribution < 1.29 is 9.21 Å². The first-order valence-electron chi connectivity index (χ1n) is 5.94. The summed E-state index contributed by atoms with van der Waals surface area (Å²) in [7, 11) is 1.87. The minimum absolute atomic E-state index is 0.0670. The zero-order valence-electron chi connectivity index (χ0n) is 10.5. The summed E-state index contributed by atoms with van der Waals surface area (Å²) in [5.74, 6) is 2.22. The first-order valence-corrected chi connectivity index (χ1v) is 6.85. The van der Waals surface area contributed by atoms with Crippen molar-refractivity contribution in [2.75, 3.05) is 13.6 Å². The van der Waals surface area contributed by atoms with E-state index in [-0.39, 0.29) is 5.91 Å². The van der Waals surface area contributed by atoms with Crippen LogP contribution in [0.25, 0.3) is 0 Å². The normalized spacial score (nSPS) is 23.3.